The first-order valence-corrected chi connectivity index (χ1v) is 5.85. The maximum atomic E-state index is 13.7. The van der Waals surface area contributed by atoms with Crippen molar-refractivity contribution in [3.05, 3.63) is 35.4 Å². The molecular weight excluding hydrogens is 224 g/mol. The van der Waals surface area contributed by atoms with Gasteiger partial charge in [-0.25, -0.2) is 8.78 Å². The van der Waals surface area contributed by atoms with Gasteiger partial charge in [-0.3, -0.25) is 0 Å². The van der Waals surface area contributed by atoms with Gasteiger partial charge in [0.2, 0.25) is 0 Å². The summed E-state index contributed by atoms with van der Waals surface area (Å²) < 4.78 is 27.5. The molecule has 0 saturated heterocycles. The molecule has 2 N–H and O–H groups in total. The molecule has 0 aliphatic rings. The molecule has 0 aromatic heterocycles. The first-order valence-electron chi connectivity index (χ1n) is 5.85. The maximum Gasteiger partial charge on any atom is 0.131 e. The predicted octanol–water partition coefficient (Wildman–Crippen LogP) is 2.56. The average Bonchev–Trinajstić information content (AvgIpc) is 2.26. The molecule has 17 heavy (non-hydrogen) atoms. The molecule has 96 valence electrons. The smallest absolute Gasteiger partial charge is 0.131 e. The fraction of sp³-hybridized carbons (Fsp3) is 0.538. The highest BCUT2D eigenvalue weighted by atomic mass is 19.1. The van der Waals surface area contributed by atoms with Crippen molar-refractivity contribution in [3.63, 3.8) is 0 Å². The van der Waals surface area contributed by atoms with E-state index >= 15 is 0 Å². The highest BCUT2D eigenvalue weighted by molar-refractivity contribution is 5.27. The van der Waals surface area contributed by atoms with Gasteiger partial charge in [-0.05, 0) is 38.4 Å². The Labute approximate surface area is 101 Å². The van der Waals surface area contributed by atoms with Crippen LogP contribution >= 0.6 is 0 Å². The Hall–Kier alpha value is -1.00. The zero-order valence-corrected chi connectivity index (χ0v) is 10.3. The lowest BCUT2D eigenvalue weighted by atomic mass is 9.87. The SMILES string of the molecule is CCCNC(C)(CCO)c1c(F)cccc1F. The summed E-state index contributed by atoms with van der Waals surface area (Å²) in [6, 6.07) is 3.82. The van der Waals surface area contributed by atoms with E-state index in [0.717, 1.165) is 6.42 Å². The molecule has 0 radical (unpaired) electrons. The zero-order valence-electron chi connectivity index (χ0n) is 10.3. The van der Waals surface area contributed by atoms with Gasteiger partial charge in [-0.15, -0.1) is 0 Å². The van der Waals surface area contributed by atoms with Crippen molar-refractivity contribution in [3.8, 4) is 0 Å². The average molecular weight is 243 g/mol. The fourth-order valence-electron chi connectivity index (χ4n) is 1.95. The summed E-state index contributed by atoms with van der Waals surface area (Å²) in [6.45, 7) is 4.20. The van der Waals surface area contributed by atoms with E-state index in [0.29, 0.717) is 6.54 Å². The van der Waals surface area contributed by atoms with Crippen molar-refractivity contribution in [2.75, 3.05) is 13.2 Å². The number of hydrogen-bond acceptors (Lipinski definition) is 2. The predicted molar refractivity (Wildman–Crippen MR) is 63.7 cm³/mol. The van der Waals surface area contributed by atoms with Gasteiger partial charge in [0.15, 0.2) is 0 Å². The summed E-state index contributed by atoms with van der Waals surface area (Å²) in [5.41, 5.74) is -0.872. The van der Waals surface area contributed by atoms with Gasteiger partial charge in [0.25, 0.3) is 0 Å². The van der Waals surface area contributed by atoms with E-state index in [4.69, 9.17) is 5.11 Å². The summed E-state index contributed by atoms with van der Waals surface area (Å²) in [6.07, 6.45) is 1.13. The second kappa shape index (κ2) is 6.07. The topological polar surface area (TPSA) is 32.3 Å². The van der Waals surface area contributed by atoms with E-state index in [2.05, 4.69) is 5.32 Å². The molecule has 0 saturated carbocycles. The maximum absolute atomic E-state index is 13.7. The molecule has 1 atom stereocenters. The second-order valence-electron chi connectivity index (χ2n) is 4.33. The number of aliphatic hydroxyl groups excluding tert-OH is 1. The molecule has 0 aliphatic heterocycles. The van der Waals surface area contributed by atoms with Crippen molar-refractivity contribution in [2.45, 2.75) is 32.2 Å². The molecule has 1 unspecified atom stereocenters. The van der Waals surface area contributed by atoms with Crippen LogP contribution in [0.2, 0.25) is 0 Å². The molecule has 0 aliphatic carbocycles. The van der Waals surface area contributed by atoms with Crippen LogP contribution in [-0.4, -0.2) is 18.3 Å². The quantitative estimate of drug-likeness (QED) is 0.804. The van der Waals surface area contributed by atoms with E-state index in [1.807, 2.05) is 6.92 Å². The summed E-state index contributed by atoms with van der Waals surface area (Å²) in [5, 5.41) is 12.2. The van der Waals surface area contributed by atoms with Crippen LogP contribution in [0, 0.1) is 11.6 Å². The van der Waals surface area contributed by atoms with Crippen LogP contribution in [0.5, 0.6) is 0 Å². The number of benzene rings is 1. The lowest BCUT2D eigenvalue weighted by Gasteiger charge is -2.31. The van der Waals surface area contributed by atoms with E-state index in [1.165, 1.54) is 18.2 Å². The third kappa shape index (κ3) is 3.23. The van der Waals surface area contributed by atoms with Gasteiger partial charge in [0.1, 0.15) is 11.6 Å². The van der Waals surface area contributed by atoms with Gasteiger partial charge in [0.05, 0.1) is 0 Å². The van der Waals surface area contributed by atoms with Gasteiger partial charge in [-0.2, -0.15) is 0 Å². The Balaban J connectivity index is 3.12. The molecule has 0 bridgehead atoms. The number of halogens is 2. The van der Waals surface area contributed by atoms with Crippen LogP contribution in [0.3, 0.4) is 0 Å². The van der Waals surface area contributed by atoms with Gasteiger partial charge < -0.3 is 10.4 Å². The molecule has 0 fully saturated rings. The third-order valence-corrected chi connectivity index (χ3v) is 2.89. The number of rotatable bonds is 6. The lowest BCUT2D eigenvalue weighted by molar-refractivity contribution is 0.214. The first-order chi connectivity index (χ1) is 8.05. The molecule has 1 aromatic carbocycles. The molecule has 1 rings (SSSR count). The van der Waals surface area contributed by atoms with Crippen molar-refractivity contribution in [2.24, 2.45) is 0 Å². The Bertz CT molecular complexity index is 350. The molecular formula is C13H19F2NO. The van der Waals surface area contributed by atoms with Crippen LogP contribution in [0.1, 0.15) is 32.3 Å². The highest BCUT2D eigenvalue weighted by Crippen LogP contribution is 2.29. The molecule has 1 aromatic rings. The summed E-state index contributed by atoms with van der Waals surface area (Å²) in [7, 11) is 0. The van der Waals surface area contributed by atoms with Crippen molar-refractivity contribution in [1.82, 2.24) is 5.32 Å². The van der Waals surface area contributed by atoms with Crippen LogP contribution < -0.4 is 5.32 Å². The minimum atomic E-state index is -0.875. The summed E-state index contributed by atoms with van der Waals surface area (Å²) in [4.78, 5) is 0. The summed E-state index contributed by atoms with van der Waals surface area (Å²) in [5.74, 6) is -1.16. The number of nitrogens with one attached hydrogen (secondary N) is 1. The second-order valence-corrected chi connectivity index (χ2v) is 4.33. The Morgan fingerprint density at radius 2 is 1.88 bits per heavy atom. The van der Waals surface area contributed by atoms with Gasteiger partial charge in [-0.1, -0.05) is 13.0 Å². The molecule has 2 nitrogen and oxygen atoms in total. The standard InChI is InChI=1S/C13H19F2NO/c1-3-8-16-13(2,7-9-17)12-10(14)5-4-6-11(12)15/h4-6,16-17H,3,7-9H2,1-2H3. The van der Waals surface area contributed by atoms with Crippen LogP contribution in [0.25, 0.3) is 0 Å². The Kier molecular flexibility index (Phi) is 5.02. The molecule has 0 heterocycles. The van der Waals surface area contributed by atoms with E-state index in [9.17, 15) is 8.78 Å². The highest BCUT2D eigenvalue weighted by Gasteiger charge is 2.31. The lowest BCUT2D eigenvalue weighted by Crippen LogP contribution is -2.42. The van der Waals surface area contributed by atoms with E-state index < -0.39 is 17.2 Å². The zero-order chi connectivity index (χ0) is 12.9. The van der Waals surface area contributed by atoms with Crippen molar-refractivity contribution in [1.29, 1.82) is 0 Å². The van der Waals surface area contributed by atoms with Crippen LogP contribution in [0.15, 0.2) is 18.2 Å². The van der Waals surface area contributed by atoms with E-state index in [-0.39, 0.29) is 18.6 Å². The minimum absolute atomic E-state index is 0.00231. The Morgan fingerprint density at radius 1 is 1.29 bits per heavy atom. The Morgan fingerprint density at radius 3 is 2.35 bits per heavy atom. The van der Waals surface area contributed by atoms with Gasteiger partial charge >= 0.3 is 0 Å². The first kappa shape index (κ1) is 14.1. The molecule has 0 amide bonds. The molecule has 0 spiro atoms. The monoisotopic (exact) mass is 243 g/mol. The van der Waals surface area contributed by atoms with E-state index in [1.54, 1.807) is 6.92 Å². The number of aliphatic hydroxyl groups is 1. The van der Waals surface area contributed by atoms with Gasteiger partial charge in [0, 0.05) is 17.7 Å². The number of hydrogen-bond donors (Lipinski definition) is 2. The van der Waals surface area contributed by atoms with Crippen molar-refractivity contribution < 1.29 is 13.9 Å². The minimum Gasteiger partial charge on any atom is -0.396 e. The normalized spacial score (nSPS) is 14.6. The van der Waals surface area contributed by atoms with Crippen LogP contribution in [-0.2, 0) is 5.54 Å². The third-order valence-electron chi connectivity index (χ3n) is 2.89. The fourth-order valence-corrected chi connectivity index (χ4v) is 1.95. The van der Waals surface area contributed by atoms with Crippen LogP contribution in [0.4, 0.5) is 8.78 Å². The van der Waals surface area contributed by atoms with Crippen molar-refractivity contribution >= 4 is 0 Å². The summed E-state index contributed by atoms with van der Waals surface area (Å²) >= 11 is 0. The molecule has 4 heteroatoms. The largest absolute Gasteiger partial charge is 0.396 e.